The Morgan fingerprint density at radius 2 is 2.00 bits per heavy atom. The number of amides is 3. The minimum absolute atomic E-state index is 0.00621. The number of nitrogens with two attached hydrogens (primary N) is 1. The fourth-order valence-corrected chi connectivity index (χ4v) is 3.63. The Morgan fingerprint density at radius 3 is 2.48 bits per heavy atom. The summed E-state index contributed by atoms with van der Waals surface area (Å²) in [6.07, 6.45) is 1.23. The van der Waals surface area contributed by atoms with E-state index >= 15 is 0 Å². The van der Waals surface area contributed by atoms with E-state index in [9.17, 15) is 14.4 Å². The Hall–Kier alpha value is -2.12. The van der Waals surface area contributed by atoms with Crippen molar-refractivity contribution >= 4 is 23.7 Å². The van der Waals surface area contributed by atoms with Crippen LogP contribution in [0.15, 0.2) is 4.99 Å². The molecule has 8 nitrogen and oxygen atoms in total. The van der Waals surface area contributed by atoms with E-state index in [2.05, 4.69) is 10.3 Å². The van der Waals surface area contributed by atoms with E-state index < -0.39 is 5.54 Å². The lowest BCUT2D eigenvalue weighted by Gasteiger charge is -2.36. The molecule has 23 heavy (non-hydrogen) atoms. The largest absolute Gasteiger partial charge is 0.370 e. The third-order valence-corrected chi connectivity index (χ3v) is 5.03. The Bertz CT molecular complexity index is 578. The van der Waals surface area contributed by atoms with Crippen molar-refractivity contribution in [3.05, 3.63) is 0 Å². The Kier molecular flexibility index (Phi) is 3.77. The van der Waals surface area contributed by atoms with Gasteiger partial charge in [0.2, 0.25) is 11.8 Å². The number of nitrogens with one attached hydrogen (secondary N) is 1. The monoisotopic (exact) mass is 321 g/mol. The normalized spacial score (nSPS) is 26.9. The molecule has 2 saturated heterocycles. The fourth-order valence-electron chi connectivity index (χ4n) is 3.63. The lowest BCUT2D eigenvalue weighted by Crippen LogP contribution is -2.51. The molecule has 0 radical (unpaired) electrons. The van der Waals surface area contributed by atoms with Gasteiger partial charge in [-0.15, -0.1) is 0 Å². The molecule has 126 valence electrons. The molecule has 0 aromatic rings. The molecule has 0 saturated carbocycles. The van der Waals surface area contributed by atoms with Crippen LogP contribution in [0.3, 0.4) is 0 Å². The highest BCUT2D eigenvalue weighted by molar-refractivity contribution is 6.06. The predicted molar refractivity (Wildman–Crippen MR) is 83.3 cm³/mol. The van der Waals surface area contributed by atoms with E-state index in [1.54, 1.807) is 9.80 Å². The molecule has 3 aliphatic rings. The van der Waals surface area contributed by atoms with Crippen LogP contribution in [-0.2, 0) is 14.4 Å². The van der Waals surface area contributed by atoms with Gasteiger partial charge in [0, 0.05) is 32.1 Å². The number of carbonyl (C=O) groups excluding carboxylic acids is 3. The van der Waals surface area contributed by atoms with Crippen molar-refractivity contribution in [2.75, 3.05) is 19.6 Å². The van der Waals surface area contributed by atoms with Crippen LogP contribution in [0.1, 0.15) is 33.1 Å². The third-order valence-electron chi connectivity index (χ3n) is 5.03. The average molecular weight is 321 g/mol. The van der Waals surface area contributed by atoms with Gasteiger partial charge in [-0.25, -0.2) is 4.99 Å². The van der Waals surface area contributed by atoms with E-state index in [0.717, 1.165) is 0 Å². The Labute approximate surface area is 135 Å². The van der Waals surface area contributed by atoms with E-state index in [4.69, 9.17) is 5.73 Å². The molecule has 3 N–H and O–H groups in total. The molecule has 8 heteroatoms. The van der Waals surface area contributed by atoms with Crippen molar-refractivity contribution in [1.82, 2.24) is 15.1 Å². The molecule has 0 aliphatic carbocycles. The molecule has 1 atom stereocenters. The second-order valence-electron chi connectivity index (χ2n) is 6.85. The van der Waals surface area contributed by atoms with Gasteiger partial charge in [0.25, 0.3) is 5.91 Å². The number of guanidine groups is 1. The number of hydrogen-bond donors (Lipinski definition) is 2. The number of aliphatic imine (C=N–C) groups is 1. The van der Waals surface area contributed by atoms with Crippen LogP contribution in [0.5, 0.6) is 0 Å². The zero-order chi connectivity index (χ0) is 16.8. The predicted octanol–water partition coefficient (Wildman–Crippen LogP) is -0.951. The Balaban J connectivity index is 1.61. The maximum atomic E-state index is 12.6. The van der Waals surface area contributed by atoms with Crippen LogP contribution in [0, 0.1) is 5.92 Å². The van der Waals surface area contributed by atoms with Crippen LogP contribution >= 0.6 is 0 Å². The highest BCUT2D eigenvalue weighted by atomic mass is 16.2. The van der Waals surface area contributed by atoms with E-state index in [0.29, 0.717) is 32.5 Å². The van der Waals surface area contributed by atoms with Crippen molar-refractivity contribution in [2.24, 2.45) is 16.6 Å². The second kappa shape index (κ2) is 5.50. The summed E-state index contributed by atoms with van der Waals surface area (Å²) in [6.45, 7) is 5.33. The molecule has 2 fully saturated rings. The fraction of sp³-hybridized carbons (Fsp3) is 0.733. The van der Waals surface area contributed by atoms with Crippen LogP contribution < -0.4 is 11.1 Å². The van der Waals surface area contributed by atoms with Crippen molar-refractivity contribution in [3.8, 4) is 0 Å². The summed E-state index contributed by atoms with van der Waals surface area (Å²) in [5.41, 5.74) is 4.77. The molecular weight excluding hydrogens is 298 g/mol. The van der Waals surface area contributed by atoms with Crippen molar-refractivity contribution in [1.29, 1.82) is 0 Å². The zero-order valence-corrected chi connectivity index (χ0v) is 13.5. The molecule has 1 spiro atoms. The SMILES string of the molecule is CC(C)N1CC(C(=O)N2CCC3(CC2)N=C(N)NC3=O)CC1=O. The van der Waals surface area contributed by atoms with E-state index in [1.807, 2.05) is 13.8 Å². The number of hydrogen-bond acceptors (Lipinski definition) is 5. The minimum atomic E-state index is -0.809. The molecule has 3 aliphatic heterocycles. The van der Waals surface area contributed by atoms with E-state index in [-0.39, 0.29) is 42.1 Å². The van der Waals surface area contributed by atoms with Gasteiger partial charge in [0.15, 0.2) is 5.96 Å². The molecule has 3 heterocycles. The summed E-state index contributed by atoms with van der Waals surface area (Å²) >= 11 is 0. The quantitative estimate of drug-likeness (QED) is 0.683. The van der Waals surface area contributed by atoms with Crippen LogP contribution in [-0.4, -0.2) is 64.7 Å². The summed E-state index contributed by atoms with van der Waals surface area (Å²) in [7, 11) is 0. The maximum absolute atomic E-state index is 12.6. The second-order valence-corrected chi connectivity index (χ2v) is 6.85. The van der Waals surface area contributed by atoms with Gasteiger partial charge in [-0.05, 0) is 26.7 Å². The molecule has 3 rings (SSSR count). The first-order chi connectivity index (χ1) is 10.8. The summed E-state index contributed by atoms with van der Waals surface area (Å²) in [5, 5.41) is 2.53. The van der Waals surface area contributed by atoms with Crippen LogP contribution in [0.4, 0.5) is 0 Å². The molecule has 1 unspecified atom stereocenters. The summed E-state index contributed by atoms with van der Waals surface area (Å²) in [4.78, 5) is 44.4. The highest BCUT2D eigenvalue weighted by Gasteiger charge is 2.47. The zero-order valence-electron chi connectivity index (χ0n) is 13.5. The van der Waals surface area contributed by atoms with Crippen molar-refractivity contribution in [3.63, 3.8) is 0 Å². The lowest BCUT2D eigenvalue weighted by molar-refractivity contribution is -0.139. The number of likely N-dealkylation sites (tertiary alicyclic amines) is 2. The topological polar surface area (TPSA) is 108 Å². The summed E-state index contributed by atoms with van der Waals surface area (Å²) < 4.78 is 0. The van der Waals surface area contributed by atoms with Crippen LogP contribution in [0.25, 0.3) is 0 Å². The van der Waals surface area contributed by atoms with Gasteiger partial charge in [-0.1, -0.05) is 0 Å². The van der Waals surface area contributed by atoms with Crippen LogP contribution in [0.2, 0.25) is 0 Å². The van der Waals surface area contributed by atoms with Gasteiger partial charge in [-0.3, -0.25) is 19.7 Å². The lowest BCUT2D eigenvalue weighted by atomic mass is 9.87. The van der Waals surface area contributed by atoms with Gasteiger partial charge >= 0.3 is 0 Å². The number of piperidine rings is 1. The average Bonchev–Trinajstić information content (AvgIpc) is 3.00. The first kappa shape index (κ1) is 15.8. The van der Waals surface area contributed by atoms with Crippen molar-refractivity contribution in [2.45, 2.75) is 44.7 Å². The van der Waals surface area contributed by atoms with Gasteiger partial charge < -0.3 is 15.5 Å². The Morgan fingerprint density at radius 1 is 1.35 bits per heavy atom. The number of nitrogens with zero attached hydrogens (tertiary/aromatic N) is 3. The standard InChI is InChI=1S/C15H23N5O3/c1-9(2)20-8-10(7-11(20)21)12(22)19-5-3-15(4-6-19)13(23)17-14(16)18-15/h9-10H,3-8H2,1-2H3,(H3,16,17,18,23). The number of carbonyl (C=O) groups is 3. The molecule has 0 aromatic heterocycles. The smallest absolute Gasteiger partial charge is 0.254 e. The summed E-state index contributed by atoms with van der Waals surface area (Å²) in [5.74, 6) is -0.246. The number of rotatable bonds is 2. The molecule has 0 aromatic carbocycles. The van der Waals surface area contributed by atoms with Gasteiger partial charge in [-0.2, -0.15) is 0 Å². The van der Waals surface area contributed by atoms with Gasteiger partial charge in [0.05, 0.1) is 5.92 Å². The van der Waals surface area contributed by atoms with Crippen molar-refractivity contribution < 1.29 is 14.4 Å². The van der Waals surface area contributed by atoms with E-state index in [1.165, 1.54) is 0 Å². The molecular formula is C15H23N5O3. The highest BCUT2D eigenvalue weighted by Crippen LogP contribution is 2.31. The third kappa shape index (κ3) is 2.66. The maximum Gasteiger partial charge on any atom is 0.254 e. The molecule has 0 bridgehead atoms. The first-order valence-electron chi connectivity index (χ1n) is 8.07. The summed E-state index contributed by atoms with van der Waals surface area (Å²) in [6, 6.07) is 0.115. The first-order valence-corrected chi connectivity index (χ1v) is 8.07. The minimum Gasteiger partial charge on any atom is -0.370 e. The molecule has 3 amide bonds. The van der Waals surface area contributed by atoms with Gasteiger partial charge in [0.1, 0.15) is 5.54 Å².